The lowest BCUT2D eigenvalue weighted by Crippen LogP contribution is -2.41. The van der Waals surface area contributed by atoms with Gasteiger partial charge >= 0.3 is 0 Å². The van der Waals surface area contributed by atoms with Gasteiger partial charge in [0.25, 0.3) is 0 Å². The molecule has 0 amide bonds. The molecule has 1 aromatic carbocycles. The molecule has 3 heteroatoms. The number of hydrogen-bond donors (Lipinski definition) is 1. The molecular weight excluding hydrogens is 234 g/mol. The summed E-state index contributed by atoms with van der Waals surface area (Å²) in [6, 6.07) is 12.2. The summed E-state index contributed by atoms with van der Waals surface area (Å²) in [5, 5.41) is 0. The zero-order valence-electron chi connectivity index (χ0n) is 11.7. The van der Waals surface area contributed by atoms with Gasteiger partial charge in [-0.3, -0.25) is 9.80 Å². The van der Waals surface area contributed by atoms with Crippen molar-refractivity contribution in [2.24, 2.45) is 5.73 Å². The first-order chi connectivity index (χ1) is 9.36. The van der Waals surface area contributed by atoms with Gasteiger partial charge in [-0.05, 0) is 24.8 Å². The summed E-state index contributed by atoms with van der Waals surface area (Å²) in [6.45, 7) is 5.53. The largest absolute Gasteiger partial charge is 0.329 e. The average Bonchev–Trinajstić information content (AvgIpc) is 2.75. The molecule has 2 heterocycles. The Bertz CT molecular complexity index is 392. The topological polar surface area (TPSA) is 32.5 Å². The van der Waals surface area contributed by atoms with Crippen molar-refractivity contribution in [3.63, 3.8) is 0 Å². The van der Waals surface area contributed by atoms with Crippen molar-refractivity contribution in [3.8, 4) is 0 Å². The van der Waals surface area contributed by atoms with Crippen LogP contribution in [-0.2, 0) is 6.54 Å². The zero-order valence-corrected chi connectivity index (χ0v) is 11.7. The molecule has 0 aromatic heterocycles. The quantitative estimate of drug-likeness (QED) is 0.896. The summed E-state index contributed by atoms with van der Waals surface area (Å²) >= 11 is 0. The smallest absolute Gasteiger partial charge is 0.0234 e. The third-order valence-electron chi connectivity index (χ3n) is 4.75. The molecule has 0 spiro atoms. The van der Waals surface area contributed by atoms with E-state index in [9.17, 15) is 0 Å². The molecule has 3 rings (SSSR count). The van der Waals surface area contributed by atoms with Crippen molar-refractivity contribution < 1.29 is 0 Å². The second-order valence-electron chi connectivity index (χ2n) is 5.91. The van der Waals surface area contributed by atoms with E-state index in [2.05, 4.69) is 40.1 Å². The highest BCUT2D eigenvalue weighted by Crippen LogP contribution is 2.27. The van der Waals surface area contributed by atoms with E-state index in [1.165, 1.54) is 44.5 Å². The van der Waals surface area contributed by atoms with Gasteiger partial charge in [0.15, 0.2) is 0 Å². The van der Waals surface area contributed by atoms with E-state index in [0.717, 1.165) is 19.1 Å². The Labute approximate surface area is 116 Å². The lowest BCUT2D eigenvalue weighted by Gasteiger charge is -2.27. The summed E-state index contributed by atoms with van der Waals surface area (Å²) in [7, 11) is 0. The van der Waals surface area contributed by atoms with Crippen LogP contribution in [0.5, 0.6) is 0 Å². The molecule has 19 heavy (non-hydrogen) atoms. The van der Waals surface area contributed by atoms with Crippen LogP contribution < -0.4 is 5.73 Å². The Kier molecular flexibility index (Phi) is 4.16. The molecule has 2 aliphatic rings. The molecule has 104 valence electrons. The number of nitrogens with zero attached hydrogens (tertiary/aromatic N) is 2. The third-order valence-corrected chi connectivity index (χ3v) is 4.75. The summed E-state index contributed by atoms with van der Waals surface area (Å²) in [4.78, 5) is 5.27. The van der Waals surface area contributed by atoms with Crippen LogP contribution in [0.15, 0.2) is 30.3 Å². The normalized spacial score (nSPS) is 29.1. The van der Waals surface area contributed by atoms with Crippen LogP contribution in [0.2, 0.25) is 0 Å². The second kappa shape index (κ2) is 6.04. The minimum Gasteiger partial charge on any atom is -0.329 e. The van der Waals surface area contributed by atoms with Gasteiger partial charge in [0.2, 0.25) is 0 Å². The van der Waals surface area contributed by atoms with Gasteiger partial charge in [-0.25, -0.2) is 0 Å². The average molecular weight is 259 g/mol. The number of nitrogens with two attached hydrogens (primary N) is 1. The summed E-state index contributed by atoms with van der Waals surface area (Å²) in [5.41, 5.74) is 7.33. The highest BCUT2D eigenvalue weighted by molar-refractivity contribution is 5.14. The Balaban J connectivity index is 1.59. The van der Waals surface area contributed by atoms with E-state index in [1.54, 1.807) is 0 Å². The number of hydrogen-bond acceptors (Lipinski definition) is 3. The van der Waals surface area contributed by atoms with E-state index in [1.807, 2.05) is 0 Å². The van der Waals surface area contributed by atoms with Crippen molar-refractivity contribution in [2.75, 3.05) is 26.2 Å². The predicted octanol–water partition coefficient (Wildman–Crippen LogP) is 1.68. The summed E-state index contributed by atoms with van der Waals surface area (Å²) in [5.74, 6) is 0. The zero-order chi connectivity index (χ0) is 13.1. The highest BCUT2D eigenvalue weighted by atomic mass is 15.3. The van der Waals surface area contributed by atoms with Gasteiger partial charge in [0, 0.05) is 44.8 Å². The van der Waals surface area contributed by atoms with Gasteiger partial charge < -0.3 is 5.73 Å². The molecule has 2 aliphatic heterocycles. The van der Waals surface area contributed by atoms with Crippen molar-refractivity contribution in [1.29, 1.82) is 0 Å². The molecule has 0 bridgehead atoms. The van der Waals surface area contributed by atoms with Crippen LogP contribution in [0.25, 0.3) is 0 Å². The molecule has 2 fully saturated rings. The fourth-order valence-corrected chi connectivity index (χ4v) is 3.64. The maximum Gasteiger partial charge on any atom is 0.0234 e. The highest BCUT2D eigenvalue weighted by Gasteiger charge is 2.34. The van der Waals surface area contributed by atoms with Crippen molar-refractivity contribution in [1.82, 2.24) is 9.80 Å². The van der Waals surface area contributed by atoms with Crippen LogP contribution in [0, 0.1) is 0 Å². The van der Waals surface area contributed by atoms with Gasteiger partial charge in [-0.2, -0.15) is 0 Å². The maximum absolute atomic E-state index is 5.89. The molecule has 2 unspecified atom stereocenters. The minimum absolute atomic E-state index is 0.640. The van der Waals surface area contributed by atoms with E-state index >= 15 is 0 Å². The van der Waals surface area contributed by atoms with Gasteiger partial charge in [-0.1, -0.05) is 30.3 Å². The van der Waals surface area contributed by atoms with E-state index in [4.69, 9.17) is 5.73 Å². The standard InChI is InChI=1S/C16H25N3/c17-12-16-7-6-15-8-9-18(10-11-19(15)16)13-14-4-2-1-3-5-14/h1-5,15-16H,6-13,17H2. The number of fused-ring (bicyclic) bond motifs is 1. The van der Waals surface area contributed by atoms with E-state index < -0.39 is 0 Å². The molecule has 2 N–H and O–H groups in total. The first-order valence-corrected chi connectivity index (χ1v) is 7.59. The molecule has 2 saturated heterocycles. The second-order valence-corrected chi connectivity index (χ2v) is 5.91. The fourth-order valence-electron chi connectivity index (χ4n) is 3.64. The number of benzene rings is 1. The van der Waals surface area contributed by atoms with Gasteiger partial charge in [0.1, 0.15) is 0 Å². The molecule has 2 atom stereocenters. The van der Waals surface area contributed by atoms with Crippen molar-refractivity contribution in [3.05, 3.63) is 35.9 Å². The Morgan fingerprint density at radius 2 is 1.84 bits per heavy atom. The monoisotopic (exact) mass is 259 g/mol. The fraction of sp³-hybridized carbons (Fsp3) is 0.625. The van der Waals surface area contributed by atoms with Crippen LogP contribution in [0.4, 0.5) is 0 Å². The van der Waals surface area contributed by atoms with Crippen LogP contribution >= 0.6 is 0 Å². The van der Waals surface area contributed by atoms with Crippen molar-refractivity contribution in [2.45, 2.75) is 37.9 Å². The first-order valence-electron chi connectivity index (χ1n) is 7.59. The third kappa shape index (κ3) is 2.99. The summed E-state index contributed by atoms with van der Waals surface area (Å²) < 4.78 is 0. The Morgan fingerprint density at radius 3 is 2.63 bits per heavy atom. The van der Waals surface area contributed by atoms with Crippen LogP contribution in [0.1, 0.15) is 24.8 Å². The molecule has 0 saturated carbocycles. The lowest BCUT2D eigenvalue weighted by molar-refractivity contribution is 0.198. The first kappa shape index (κ1) is 13.1. The van der Waals surface area contributed by atoms with Crippen molar-refractivity contribution >= 4 is 0 Å². The van der Waals surface area contributed by atoms with Gasteiger partial charge in [0.05, 0.1) is 0 Å². The SMILES string of the molecule is NCC1CCC2CCN(Cc3ccccc3)CCN12. The van der Waals surface area contributed by atoms with E-state index in [-0.39, 0.29) is 0 Å². The van der Waals surface area contributed by atoms with Crippen LogP contribution in [0.3, 0.4) is 0 Å². The molecule has 1 aromatic rings. The lowest BCUT2D eigenvalue weighted by atomic mass is 10.1. The molecular formula is C16H25N3. The maximum atomic E-state index is 5.89. The minimum atomic E-state index is 0.640. The summed E-state index contributed by atoms with van der Waals surface area (Å²) in [6.07, 6.45) is 3.96. The predicted molar refractivity (Wildman–Crippen MR) is 78.9 cm³/mol. The Morgan fingerprint density at radius 1 is 1.00 bits per heavy atom. The van der Waals surface area contributed by atoms with Gasteiger partial charge in [-0.15, -0.1) is 0 Å². The van der Waals surface area contributed by atoms with Crippen LogP contribution in [-0.4, -0.2) is 48.1 Å². The molecule has 3 nitrogen and oxygen atoms in total. The molecule has 0 radical (unpaired) electrons. The molecule has 0 aliphatic carbocycles. The van der Waals surface area contributed by atoms with E-state index in [0.29, 0.717) is 6.04 Å². The number of rotatable bonds is 3. The Hall–Kier alpha value is -0.900.